The molecule has 0 saturated heterocycles. The Morgan fingerprint density at radius 1 is 1.44 bits per heavy atom. The van der Waals surface area contributed by atoms with Gasteiger partial charge in [0.15, 0.2) is 12.7 Å². The second-order valence-electron chi connectivity index (χ2n) is 3.56. The molecule has 18 heavy (non-hydrogen) atoms. The van der Waals surface area contributed by atoms with Crippen molar-refractivity contribution in [1.82, 2.24) is 0 Å². The third-order valence-corrected chi connectivity index (χ3v) is 1.88. The minimum absolute atomic E-state index is 0.284. The average molecular weight is 263 g/mol. The third-order valence-electron chi connectivity index (χ3n) is 1.88. The molecule has 0 aliphatic heterocycles. The van der Waals surface area contributed by atoms with Gasteiger partial charge < -0.3 is 15.2 Å². The van der Waals surface area contributed by atoms with Gasteiger partial charge in [0.05, 0.1) is 0 Å². The Kier molecular flexibility index (Phi) is 4.41. The van der Waals surface area contributed by atoms with Crippen LogP contribution < -0.4 is 10.5 Å². The lowest BCUT2D eigenvalue weighted by molar-refractivity contribution is -0.190. The monoisotopic (exact) mass is 263 g/mol. The molecule has 0 amide bonds. The molecule has 0 aliphatic carbocycles. The predicted octanol–water partition coefficient (Wildman–Crippen LogP) is 2.14. The van der Waals surface area contributed by atoms with Crippen LogP contribution in [0.1, 0.15) is 6.92 Å². The molecular weight excluding hydrogens is 251 g/mol. The second-order valence-corrected chi connectivity index (χ2v) is 3.56. The maximum atomic E-state index is 11.8. The van der Waals surface area contributed by atoms with Gasteiger partial charge in [0.1, 0.15) is 5.75 Å². The molecule has 0 bridgehead atoms. The molecule has 0 unspecified atom stereocenters. The van der Waals surface area contributed by atoms with Gasteiger partial charge in [-0.25, -0.2) is 4.79 Å². The number of alkyl halides is 3. The molecule has 2 N–H and O–H groups in total. The zero-order valence-electron chi connectivity index (χ0n) is 9.53. The van der Waals surface area contributed by atoms with E-state index in [0.717, 1.165) is 0 Å². The van der Waals surface area contributed by atoms with E-state index in [2.05, 4.69) is 4.74 Å². The molecule has 1 aromatic carbocycles. The van der Waals surface area contributed by atoms with Crippen molar-refractivity contribution in [2.75, 3.05) is 12.3 Å². The molecule has 1 rings (SSSR count). The molecule has 1 aromatic rings. The van der Waals surface area contributed by atoms with Crippen LogP contribution in [0.5, 0.6) is 5.75 Å². The summed E-state index contributed by atoms with van der Waals surface area (Å²) >= 11 is 0. The fraction of sp³-hybridized carbons (Fsp3) is 0.364. The number of esters is 1. The van der Waals surface area contributed by atoms with Gasteiger partial charge in [0.25, 0.3) is 0 Å². The van der Waals surface area contributed by atoms with Gasteiger partial charge in [0, 0.05) is 11.8 Å². The molecule has 7 heteroatoms. The first kappa shape index (κ1) is 14.1. The first-order valence-corrected chi connectivity index (χ1v) is 5.03. The Bertz CT molecular complexity index is 420. The van der Waals surface area contributed by atoms with Gasteiger partial charge in [-0.3, -0.25) is 0 Å². The van der Waals surface area contributed by atoms with E-state index in [-0.39, 0.29) is 5.75 Å². The summed E-state index contributed by atoms with van der Waals surface area (Å²) in [6.07, 6.45) is -5.69. The smallest absolute Gasteiger partial charge is 0.422 e. The van der Waals surface area contributed by atoms with Gasteiger partial charge in [-0.1, -0.05) is 6.07 Å². The highest BCUT2D eigenvalue weighted by molar-refractivity contribution is 5.74. The maximum Gasteiger partial charge on any atom is 0.422 e. The summed E-state index contributed by atoms with van der Waals surface area (Å²) in [6.45, 7) is -0.335. The van der Waals surface area contributed by atoms with Gasteiger partial charge in [-0.15, -0.1) is 0 Å². The van der Waals surface area contributed by atoms with Crippen LogP contribution in [-0.4, -0.2) is 24.9 Å². The standard InChI is InChI=1S/C11H12F3NO3/c1-7(10(16)17-6-11(12,13)14)18-9-4-2-3-8(15)5-9/h2-5,7H,6,15H2,1H3/t7-/m0/s1. The number of nitrogen functional groups attached to an aromatic ring is 1. The van der Waals surface area contributed by atoms with Crippen molar-refractivity contribution in [3.8, 4) is 5.75 Å². The summed E-state index contributed by atoms with van der Waals surface area (Å²) in [4.78, 5) is 11.2. The van der Waals surface area contributed by atoms with Gasteiger partial charge in [0.2, 0.25) is 0 Å². The van der Waals surface area contributed by atoms with E-state index in [1.165, 1.54) is 19.1 Å². The largest absolute Gasteiger partial charge is 0.479 e. The Labute approximate surface area is 101 Å². The number of hydrogen-bond donors (Lipinski definition) is 1. The Hall–Kier alpha value is -1.92. The van der Waals surface area contributed by atoms with Crippen molar-refractivity contribution in [2.24, 2.45) is 0 Å². The van der Waals surface area contributed by atoms with Crippen LogP contribution >= 0.6 is 0 Å². The second kappa shape index (κ2) is 5.61. The molecule has 0 fully saturated rings. The minimum Gasteiger partial charge on any atom is -0.479 e. The van der Waals surface area contributed by atoms with E-state index in [4.69, 9.17) is 10.5 Å². The highest BCUT2D eigenvalue weighted by atomic mass is 19.4. The Balaban J connectivity index is 2.50. The number of halogens is 3. The zero-order valence-corrected chi connectivity index (χ0v) is 9.53. The molecule has 0 aliphatic rings. The minimum atomic E-state index is -4.55. The number of rotatable bonds is 4. The van der Waals surface area contributed by atoms with Crippen LogP contribution in [0.4, 0.5) is 18.9 Å². The Morgan fingerprint density at radius 2 is 2.11 bits per heavy atom. The van der Waals surface area contributed by atoms with E-state index in [0.29, 0.717) is 5.69 Å². The number of benzene rings is 1. The molecule has 100 valence electrons. The molecule has 0 saturated carbocycles. The number of anilines is 1. The lowest BCUT2D eigenvalue weighted by atomic mass is 10.3. The molecule has 0 heterocycles. The van der Waals surface area contributed by atoms with Gasteiger partial charge in [-0.2, -0.15) is 13.2 Å². The van der Waals surface area contributed by atoms with Crippen molar-refractivity contribution in [1.29, 1.82) is 0 Å². The number of hydrogen-bond acceptors (Lipinski definition) is 4. The van der Waals surface area contributed by atoms with Crippen LogP contribution in [-0.2, 0) is 9.53 Å². The lowest BCUT2D eigenvalue weighted by Gasteiger charge is -2.15. The number of nitrogens with two attached hydrogens (primary N) is 1. The molecule has 0 radical (unpaired) electrons. The van der Waals surface area contributed by atoms with E-state index >= 15 is 0 Å². The fourth-order valence-corrected chi connectivity index (χ4v) is 1.11. The third kappa shape index (κ3) is 4.94. The molecular formula is C11H12F3NO3. The van der Waals surface area contributed by atoms with Crippen molar-refractivity contribution >= 4 is 11.7 Å². The van der Waals surface area contributed by atoms with Crippen LogP contribution in [0.2, 0.25) is 0 Å². The van der Waals surface area contributed by atoms with Crippen molar-refractivity contribution < 1.29 is 27.4 Å². The average Bonchev–Trinajstić information content (AvgIpc) is 2.24. The van der Waals surface area contributed by atoms with Crippen molar-refractivity contribution in [3.05, 3.63) is 24.3 Å². The predicted molar refractivity (Wildman–Crippen MR) is 58.0 cm³/mol. The lowest BCUT2D eigenvalue weighted by Crippen LogP contribution is -2.30. The summed E-state index contributed by atoms with van der Waals surface area (Å²) < 4.78 is 44.6. The number of ether oxygens (including phenoxy) is 2. The quantitative estimate of drug-likeness (QED) is 0.667. The number of carbonyl (C=O) groups is 1. The first-order chi connectivity index (χ1) is 8.28. The molecule has 1 atom stereocenters. The van der Waals surface area contributed by atoms with Gasteiger partial charge >= 0.3 is 12.1 Å². The van der Waals surface area contributed by atoms with E-state index in [1.807, 2.05) is 0 Å². The van der Waals surface area contributed by atoms with Crippen LogP contribution in [0.3, 0.4) is 0 Å². The van der Waals surface area contributed by atoms with E-state index < -0.39 is 24.9 Å². The molecule has 0 aromatic heterocycles. The highest BCUT2D eigenvalue weighted by Gasteiger charge is 2.31. The Morgan fingerprint density at radius 3 is 2.67 bits per heavy atom. The number of carbonyl (C=O) groups excluding carboxylic acids is 1. The summed E-state index contributed by atoms with van der Waals surface area (Å²) in [5.41, 5.74) is 5.90. The first-order valence-electron chi connectivity index (χ1n) is 5.03. The summed E-state index contributed by atoms with van der Waals surface area (Å²) in [6, 6.07) is 6.19. The summed E-state index contributed by atoms with van der Waals surface area (Å²) in [5, 5.41) is 0. The van der Waals surface area contributed by atoms with Crippen molar-refractivity contribution in [2.45, 2.75) is 19.2 Å². The van der Waals surface area contributed by atoms with Crippen LogP contribution in [0.15, 0.2) is 24.3 Å². The molecule has 0 spiro atoms. The fourth-order valence-electron chi connectivity index (χ4n) is 1.11. The summed E-state index contributed by atoms with van der Waals surface area (Å²) in [5.74, 6) is -0.804. The van der Waals surface area contributed by atoms with Crippen molar-refractivity contribution in [3.63, 3.8) is 0 Å². The van der Waals surface area contributed by atoms with Crippen LogP contribution in [0, 0.1) is 0 Å². The summed E-state index contributed by atoms with van der Waals surface area (Å²) in [7, 11) is 0. The maximum absolute atomic E-state index is 11.8. The van der Waals surface area contributed by atoms with E-state index in [1.54, 1.807) is 12.1 Å². The SMILES string of the molecule is C[C@H](Oc1cccc(N)c1)C(=O)OCC(F)(F)F. The molecule has 4 nitrogen and oxygen atoms in total. The van der Waals surface area contributed by atoms with Gasteiger partial charge in [-0.05, 0) is 19.1 Å². The highest BCUT2D eigenvalue weighted by Crippen LogP contribution is 2.18. The van der Waals surface area contributed by atoms with Crippen LogP contribution in [0.25, 0.3) is 0 Å². The topological polar surface area (TPSA) is 61.5 Å². The normalized spacial score (nSPS) is 12.9. The zero-order chi connectivity index (χ0) is 13.8. The van der Waals surface area contributed by atoms with E-state index in [9.17, 15) is 18.0 Å².